The summed E-state index contributed by atoms with van der Waals surface area (Å²) in [5.41, 5.74) is 4.52. The van der Waals surface area contributed by atoms with E-state index in [9.17, 15) is 14.4 Å². The van der Waals surface area contributed by atoms with Crippen LogP contribution >= 0.6 is 0 Å². The average Bonchev–Trinajstić information content (AvgIpc) is 2.73. The van der Waals surface area contributed by atoms with Crippen molar-refractivity contribution in [2.45, 2.75) is 52.9 Å². The van der Waals surface area contributed by atoms with Crippen molar-refractivity contribution < 1.29 is 29.3 Å². The number of ether oxygens (including phenoxy) is 1. The van der Waals surface area contributed by atoms with Crippen molar-refractivity contribution in [3.63, 3.8) is 0 Å². The Morgan fingerprint density at radius 2 is 1.80 bits per heavy atom. The lowest BCUT2D eigenvalue weighted by Gasteiger charge is -2.36. The molecule has 7 nitrogen and oxygen atoms in total. The fourth-order valence-corrected chi connectivity index (χ4v) is 4.88. The molecule has 1 fully saturated rings. The molecule has 164 valence electrons. The summed E-state index contributed by atoms with van der Waals surface area (Å²) in [6.45, 7) is 6.61. The van der Waals surface area contributed by atoms with Crippen LogP contribution < -0.4 is 4.74 Å². The maximum Gasteiger partial charge on any atom is 0.341 e. The van der Waals surface area contributed by atoms with Gasteiger partial charge in [-0.3, -0.25) is 9.59 Å². The summed E-state index contributed by atoms with van der Waals surface area (Å²) < 4.78 is 5.49. The number of amides is 1. The molecule has 3 rings (SSSR count). The smallest absolute Gasteiger partial charge is 0.341 e. The van der Waals surface area contributed by atoms with E-state index in [0.29, 0.717) is 31.7 Å². The molecule has 1 heterocycles. The van der Waals surface area contributed by atoms with Gasteiger partial charge in [0.15, 0.2) is 6.61 Å². The molecule has 2 unspecified atom stereocenters. The van der Waals surface area contributed by atoms with Crippen LogP contribution in [0.25, 0.3) is 0 Å². The third kappa shape index (κ3) is 4.60. The van der Waals surface area contributed by atoms with E-state index in [1.807, 2.05) is 31.7 Å². The highest BCUT2D eigenvalue weighted by atomic mass is 16.5. The first-order chi connectivity index (χ1) is 14.2. The number of nitrogens with zero attached hydrogens (tertiary/aromatic N) is 1. The summed E-state index contributed by atoms with van der Waals surface area (Å²) in [5.74, 6) is -1.35. The van der Waals surface area contributed by atoms with Crippen molar-refractivity contribution in [3.05, 3.63) is 28.3 Å². The number of hydrogen-bond donors (Lipinski definition) is 2. The average molecular weight is 418 g/mol. The van der Waals surface area contributed by atoms with Gasteiger partial charge in [0.25, 0.3) is 0 Å². The van der Waals surface area contributed by atoms with Gasteiger partial charge in [0.2, 0.25) is 5.91 Å². The molecule has 0 saturated carbocycles. The Morgan fingerprint density at radius 1 is 1.13 bits per heavy atom. The number of aryl methyl sites for hydroxylation is 1. The normalized spacial score (nSPS) is 20.4. The lowest BCUT2D eigenvalue weighted by atomic mass is 9.74. The number of carboxylic acid groups (broad SMARTS) is 2. The summed E-state index contributed by atoms with van der Waals surface area (Å²) >= 11 is 0. The van der Waals surface area contributed by atoms with Gasteiger partial charge in [-0.2, -0.15) is 0 Å². The molecular formula is C23H31NO6. The largest absolute Gasteiger partial charge is 0.482 e. The molecule has 30 heavy (non-hydrogen) atoms. The number of carbonyl (C=O) groups excluding carboxylic acids is 1. The third-order valence-corrected chi connectivity index (χ3v) is 6.85. The van der Waals surface area contributed by atoms with Gasteiger partial charge in [-0.25, -0.2) is 4.79 Å². The maximum absolute atomic E-state index is 13.1. The van der Waals surface area contributed by atoms with Crippen LogP contribution in [0, 0.1) is 31.6 Å². The van der Waals surface area contributed by atoms with Crippen molar-refractivity contribution in [2.75, 3.05) is 19.7 Å². The van der Waals surface area contributed by atoms with Crippen LogP contribution in [0.4, 0.5) is 0 Å². The predicted octanol–water partition coefficient (Wildman–Crippen LogP) is 2.83. The molecule has 2 atom stereocenters. The Kier molecular flexibility index (Phi) is 6.68. The van der Waals surface area contributed by atoms with Crippen molar-refractivity contribution in [3.8, 4) is 5.75 Å². The lowest BCUT2D eigenvalue weighted by molar-refractivity contribution is -0.147. The molecule has 1 aliphatic heterocycles. The Hall–Kier alpha value is -2.57. The van der Waals surface area contributed by atoms with Crippen LogP contribution in [0.2, 0.25) is 0 Å². The molecule has 0 radical (unpaired) electrons. The molecule has 2 aliphatic rings. The summed E-state index contributed by atoms with van der Waals surface area (Å²) in [4.78, 5) is 36.9. The number of benzene rings is 1. The second-order valence-electron chi connectivity index (χ2n) is 8.69. The monoisotopic (exact) mass is 417 g/mol. The topological polar surface area (TPSA) is 104 Å². The Balaban J connectivity index is 1.71. The van der Waals surface area contributed by atoms with E-state index >= 15 is 0 Å². The quantitative estimate of drug-likeness (QED) is 0.738. The zero-order valence-corrected chi connectivity index (χ0v) is 17.9. The number of hydrogen-bond acceptors (Lipinski definition) is 4. The first-order valence-electron chi connectivity index (χ1n) is 10.7. The molecular weight excluding hydrogens is 386 g/mol. The van der Waals surface area contributed by atoms with Crippen LogP contribution in [0.15, 0.2) is 6.07 Å². The van der Waals surface area contributed by atoms with Crippen LogP contribution in [0.3, 0.4) is 0 Å². The zero-order valence-electron chi connectivity index (χ0n) is 17.9. The zero-order chi connectivity index (χ0) is 22.0. The Labute approximate surface area is 177 Å². The maximum atomic E-state index is 13.1. The highest BCUT2D eigenvalue weighted by Crippen LogP contribution is 2.38. The van der Waals surface area contributed by atoms with Gasteiger partial charge in [-0.1, -0.05) is 6.92 Å². The molecule has 0 aromatic heterocycles. The standard InChI is InChI=1S/C23H31NO6/c1-13-10-20(30-12-21(25)26)15(3)19-11-17(4-5-18(13)19)14(2)22(27)24-8-6-16(7-9-24)23(28)29/h10,14,16-17H,4-9,11-12H2,1-3H3,(H,25,26)(H,28,29). The fourth-order valence-electron chi connectivity index (χ4n) is 4.88. The van der Waals surface area contributed by atoms with Crippen molar-refractivity contribution in [2.24, 2.45) is 17.8 Å². The van der Waals surface area contributed by atoms with Crippen molar-refractivity contribution in [1.82, 2.24) is 4.90 Å². The number of carbonyl (C=O) groups is 3. The lowest BCUT2D eigenvalue weighted by Crippen LogP contribution is -2.44. The second kappa shape index (κ2) is 9.06. The second-order valence-corrected chi connectivity index (χ2v) is 8.69. The molecule has 1 saturated heterocycles. The van der Waals surface area contributed by atoms with E-state index in [2.05, 4.69) is 0 Å². The number of rotatable bonds is 6. The van der Waals surface area contributed by atoms with E-state index in [0.717, 1.165) is 30.4 Å². The number of carboxylic acids is 2. The van der Waals surface area contributed by atoms with Crippen LogP contribution in [0.1, 0.15) is 48.4 Å². The minimum absolute atomic E-state index is 0.111. The Morgan fingerprint density at radius 3 is 2.40 bits per heavy atom. The Bertz CT molecular complexity index is 841. The highest BCUT2D eigenvalue weighted by Gasteiger charge is 2.34. The molecule has 0 bridgehead atoms. The first kappa shape index (κ1) is 22.1. The highest BCUT2D eigenvalue weighted by molar-refractivity contribution is 5.79. The molecule has 1 aliphatic carbocycles. The van der Waals surface area contributed by atoms with Gasteiger partial charge in [0, 0.05) is 19.0 Å². The van der Waals surface area contributed by atoms with Gasteiger partial charge in [-0.05, 0) is 80.2 Å². The number of fused-ring (bicyclic) bond motifs is 1. The van der Waals surface area contributed by atoms with E-state index < -0.39 is 11.9 Å². The van der Waals surface area contributed by atoms with Crippen molar-refractivity contribution >= 4 is 17.8 Å². The summed E-state index contributed by atoms with van der Waals surface area (Å²) in [7, 11) is 0. The minimum atomic E-state index is -1.01. The molecule has 1 amide bonds. The fraction of sp³-hybridized carbons (Fsp3) is 0.609. The molecule has 1 aromatic carbocycles. The molecule has 7 heteroatoms. The number of piperidine rings is 1. The molecule has 0 spiro atoms. The predicted molar refractivity (Wildman–Crippen MR) is 111 cm³/mol. The van der Waals surface area contributed by atoms with Crippen LogP contribution in [-0.4, -0.2) is 52.7 Å². The van der Waals surface area contributed by atoms with Gasteiger partial charge in [0.05, 0.1) is 5.92 Å². The SMILES string of the molecule is Cc1cc(OCC(=O)O)c(C)c2c1CCC(C(C)C(=O)N1CCC(C(=O)O)CC1)C2. The third-order valence-electron chi connectivity index (χ3n) is 6.85. The molecule has 2 N–H and O–H groups in total. The van der Waals surface area contributed by atoms with E-state index in [1.54, 1.807) is 0 Å². The van der Waals surface area contributed by atoms with Gasteiger partial charge in [0.1, 0.15) is 5.75 Å². The van der Waals surface area contributed by atoms with Crippen molar-refractivity contribution in [1.29, 1.82) is 0 Å². The van der Waals surface area contributed by atoms with Crippen LogP contribution in [-0.2, 0) is 27.2 Å². The summed E-state index contributed by atoms with van der Waals surface area (Å²) in [6, 6.07) is 1.92. The number of likely N-dealkylation sites (tertiary alicyclic amines) is 1. The van der Waals surface area contributed by atoms with E-state index in [-0.39, 0.29) is 30.3 Å². The van der Waals surface area contributed by atoms with Gasteiger partial charge >= 0.3 is 11.9 Å². The van der Waals surface area contributed by atoms with E-state index in [4.69, 9.17) is 14.9 Å². The minimum Gasteiger partial charge on any atom is -0.482 e. The summed E-state index contributed by atoms with van der Waals surface area (Å²) in [5, 5.41) is 18.1. The summed E-state index contributed by atoms with van der Waals surface area (Å²) in [6.07, 6.45) is 3.63. The first-order valence-corrected chi connectivity index (χ1v) is 10.7. The van der Waals surface area contributed by atoms with Crippen LogP contribution in [0.5, 0.6) is 5.75 Å². The molecule has 1 aromatic rings. The van der Waals surface area contributed by atoms with Gasteiger partial charge < -0.3 is 19.8 Å². The van der Waals surface area contributed by atoms with E-state index in [1.165, 1.54) is 11.1 Å². The van der Waals surface area contributed by atoms with Gasteiger partial charge in [-0.15, -0.1) is 0 Å². The number of aliphatic carboxylic acids is 2.